The first-order valence-electron chi connectivity index (χ1n) is 10.9. The van der Waals surface area contributed by atoms with Gasteiger partial charge in [-0.3, -0.25) is 19.3 Å². The number of nitrogens with one attached hydrogen (secondary N) is 1. The van der Waals surface area contributed by atoms with Gasteiger partial charge in [0.25, 0.3) is 11.1 Å². The van der Waals surface area contributed by atoms with Crippen LogP contribution in [0, 0.1) is 13.8 Å². The maximum absolute atomic E-state index is 12.9. The average Bonchev–Trinajstić information content (AvgIpc) is 3.04. The summed E-state index contributed by atoms with van der Waals surface area (Å²) in [4.78, 5) is 50.4. The van der Waals surface area contributed by atoms with E-state index in [4.69, 9.17) is 25.8 Å². The summed E-state index contributed by atoms with van der Waals surface area (Å²) in [7, 11) is 1.40. The number of aryl methyl sites for hydroxylation is 2. The Hall–Kier alpha value is -3.50. The Morgan fingerprint density at radius 3 is 2.44 bits per heavy atom. The quantitative estimate of drug-likeness (QED) is 0.369. The Morgan fingerprint density at radius 1 is 1.11 bits per heavy atom. The van der Waals surface area contributed by atoms with Gasteiger partial charge in [-0.1, -0.05) is 17.7 Å². The highest BCUT2D eigenvalue weighted by atomic mass is 35.5. The van der Waals surface area contributed by atoms with Gasteiger partial charge in [0.15, 0.2) is 18.1 Å². The van der Waals surface area contributed by atoms with Crippen LogP contribution >= 0.6 is 23.4 Å². The minimum atomic E-state index is -0.599. The number of rotatable bonds is 9. The molecule has 0 unspecified atom stereocenters. The van der Waals surface area contributed by atoms with Gasteiger partial charge in [0, 0.05) is 5.69 Å². The number of benzene rings is 2. The molecule has 0 radical (unpaired) electrons. The zero-order chi connectivity index (χ0) is 26.4. The van der Waals surface area contributed by atoms with Crippen molar-refractivity contribution in [3.05, 3.63) is 56.9 Å². The number of hydrogen-bond donors (Lipinski definition) is 1. The lowest BCUT2D eigenvalue weighted by Gasteiger charge is -2.13. The van der Waals surface area contributed by atoms with Crippen molar-refractivity contribution in [3.8, 4) is 11.5 Å². The Balaban J connectivity index is 1.73. The van der Waals surface area contributed by atoms with Crippen LogP contribution in [0.2, 0.25) is 5.02 Å². The second-order valence-corrected chi connectivity index (χ2v) is 9.22. The van der Waals surface area contributed by atoms with E-state index in [1.54, 1.807) is 25.1 Å². The van der Waals surface area contributed by atoms with Crippen molar-refractivity contribution in [2.75, 3.05) is 32.2 Å². The van der Waals surface area contributed by atoms with E-state index in [-0.39, 0.29) is 34.6 Å². The van der Waals surface area contributed by atoms with Crippen LogP contribution in [-0.4, -0.2) is 54.8 Å². The number of carbonyl (C=O) groups excluding carboxylic acids is 4. The predicted molar refractivity (Wildman–Crippen MR) is 137 cm³/mol. The Morgan fingerprint density at radius 2 is 1.81 bits per heavy atom. The molecule has 1 N–H and O–H groups in total. The fourth-order valence-corrected chi connectivity index (χ4v) is 4.59. The molecule has 1 aliphatic heterocycles. The monoisotopic (exact) mass is 532 g/mol. The first kappa shape index (κ1) is 27.1. The molecule has 3 amide bonds. The number of imide groups is 1. The van der Waals surface area contributed by atoms with Gasteiger partial charge in [-0.2, -0.15) is 0 Å². The molecule has 36 heavy (non-hydrogen) atoms. The van der Waals surface area contributed by atoms with Gasteiger partial charge in [-0.25, -0.2) is 4.79 Å². The number of nitrogens with zero attached hydrogens (tertiary/aromatic N) is 1. The lowest BCUT2D eigenvalue weighted by atomic mass is 10.1. The summed E-state index contributed by atoms with van der Waals surface area (Å²) in [6.45, 7) is 4.94. The van der Waals surface area contributed by atoms with Crippen molar-refractivity contribution in [1.82, 2.24) is 4.90 Å². The lowest BCUT2D eigenvalue weighted by Crippen LogP contribution is -2.36. The summed E-state index contributed by atoms with van der Waals surface area (Å²) in [6.07, 6.45) is 1.47. The second kappa shape index (κ2) is 12.0. The Labute approximate surface area is 217 Å². The second-order valence-electron chi connectivity index (χ2n) is 7.82. The van der Waals surface area contributed by atoms with Crippen molar-refractivity contribution in [1.29, 1.82) is 0 Å². The molecule has 190 valence electrons. The highest BCUT2D eigenvalue weighted by Crippen LogP contribution is 2.39. The number of anilines is 1. The van der Waals surface area contributed by atoms with Crippen molar-refractivity contribution in [3.63, 3.8) is 0 Å². The summed E-state index contributed by atoms with van der Waals surface area (Å²) >= 11 is 7.03. The minimum absolute atomic E-state index is 0.123. The molecular formula is C25H25ClN2O7S. The third kappa shape index (κ3) is 6.79. The highest BCUT2D eigenvalue weighted by Gasteiger charge is 2.36. The maximum atomic E-state index is 12.9. The van der Waals surface area contributed by atoms with Gasteiger partial charge in [0.05, 0.1) is 23.6 Å². The van der Waals surface area contributed by atoms with E-state index in [2.05, 4.69) is 5.32 Å². The molecule has 11 heteroatoms. The maximum Gasteiger partial charge on any atom is 0.344 e. The van der Waals surface area contributed by atoms with Crippen LogP contribution in [0.4, 0.5) is 10.5 Å². The van der Waals surface area contributed by atoms with Crippen LogP contribution < -0.4 is 14.8 Å². The first-order chi connectivity index (χ1) is 17.1. The van der Waals surface area contributed by atoms with Gasteiger partial charge >= 0.3 is 5.97 Å². The molecule has 9 nitrogen and oxygen atoms in total. The smallest absolute Gasteiger partial charge is 0.344 e. The van der Waals surface area contributed by atoms with E-state index in [1.165, 1.54) is 19.3 Å². The number of methoxy groups -OCH3 is 1. The third-order valence-corrected chi connectivity index (χ3v) is 6.06. The number of thioether (sulfide) groups is 1. The van der Waals surface area contributed by atoms with Crippen molar-refractivity contribution < 1.29 is 33.4 Å². The molecule has 0 aromatic heterocycles. The number of carbonyl (C=O) groups is 4. The minimum Gasteiger partial charge on any atom is -0.493 e. The Kier molecular flexibility index (Phi) is 9.00. The van der Waals surface area contributed by atoms with Gasteiger partial charge < -0.3 is 19.5 Å². The number of halogens is 1. The lowest BCUT2D eigenvalue weighted by molar-refractivity contribution is -0.145. The molecule has 2 aromatic carbocycles. The summed E-state index contributed by atoms with van der Waals surface area (Å²) in [5, 5.41) is 2.29. The summed E-state index contributed by atoms with van der Waals surface area (Å²) in [5.41, 5.74) is 3.01. The molecule has 1 heterocycles. The molecule has 1 fully saturated rings. The van der Waals surface area contributed by atoms with Crippen LogP contribution in [0.25, 0.3) is 6.08 Å². The van der Waals surface area contributed by atoms with E-state index < -0.39 is 29.6 Å². The number of hydrogen-bond acceptors (Lipinski definition) is 8. The largest absolute Gasteiger partial charge is 0.493 e. The number of esters is 1. The van der Waals surface area contributed by atoms with E-state index in [0.717, 1.165) is 16.0 Å². The number of ether oxygens (including phenoxy) is 3. The molecule has 0 aliphatic carbocycles. The standard InChI is InChI=1S/C25H25ClN2O7S/c1-5-34-22(30)13-35-23-18(26)9-16(10-19(23)33-4)11-20-24(31)28(25(32)36-20)12-21(29)27-17-7-14(2)6-15(3)8-17/h6-11H,5,12-13H2,1-4H3,(H,27,29)/b20-11-. The van der Waals surface area contributed by atoms with Crippen molar-refractivity contribution in [2.45, 2.75) is 20.8 Å². The normalized spacial score (nSPS) is 14.2. The fraction of sp³-hybridized carbons (Fsp3) is 0.280. The van der Waals surface area contributed by atoms with Crippen LogP contribution in [0.3, 0.4) is 0 Å². The van der Waals surface area contributed by atoms with E-state index in [1.807, 2.05) is 19.9 Å². The van der Waals surface area contributed by atoms with E-state index in [9.17, 15) is 19.2 Å². The molecule has 0 spiro atoms. The predicted octanol–water partition coefficient (Wildman–Crippen LogP) is 4.58. The van der Waals surface area contributed by atoms with Gasteiger partial charge in [0.2, 0.25) is 5.91 Å². The van der Waals surface area contributed by atoms with Crippen LogP contribution in [-0.2, 0) is 19.1 Å². The first-order valence-corrected chi connectivity index (χ1v) is 12.1. The molecule has 0 atom stereocenters. The molecular weight excluding hydrogens is 508 g/mol. The average molecular weight is 533 g/mol. The van der Waals surface area contributed by atoms with Crippen molar-refractivity contribution >= 4 is 58.1 Å². The summed E-state index contributed by atoms with van der Waals surface area (Å²) in [6, 6.07) is 8.63. The molecule has 1 aliphatic rings. The zero-order valence-electron chi connectivity index (χ0n) is 20.2. The molecule has 1 saturated heterocycles. The van der Waals surface area contributed by atoms with Gasteiger partial charge in [0.1, 0.15) is 6.54 Å². The molecule has 0 bridgehead atoms. The fourth-order valence-electron chi connectivity index (χ4n) is 3.48. The van der Waals surface area contributed by atoms with Gasteiger partial charge in [-0.15, -0.1) is 0 Å². The molecule has 3 rings (SSSR count). The summed E-state index contributed by atoms with van der Waals surface area (Å²) < 4.78 is 15.6. The molecule has 0 saturated carbocycles. The third-order valence-electron chi connectivity index (χ3n) is 4.87. The molecule has 2 aromatic rings. The SMILES string of the molecule is CCOC(=O)COc1c(Cl)cc(/C=C2\SC(=O)N(CC(=O)Nc3cc(C)cc(C)c3)C2=O)cc1OC. The van der Waals surface area contributed by atoms with Crippen LogP contribution in [0.5, 0.6) is 11.5 Å². The van der Waals surface area contributed by atoms with E-state index in [0.29, 0.717) is 23.0 Å². The topological polar surface area (TPSA) is 111 Å². The van der Waals surface area contributed by atoms with Crippen LogP contribution in [0.15, 0.2) is 35.2 Å². The van der Waals surface area contributed by atoms with Gasteiger partial charge in [-0.05, 0) is 79.6 Å². The van der Waals surface area contributed by atoms with Crippen LogP contribution in [0.1, 0.15) is 23.6 Å². The zero-order valence-corrected chi connectivity index (χ0v) is 21.7. The highest BCUT2D eigenvalue weighted by molar-refractivity contribution is 8.18. The summed E-state index contributed by atoms with van der Waals surface area (Å²) in [5.74, 6) is -1.28. The van der Waals surface area contributed by atoms with E-state index >= 15 is 0 Å². The Bertz CT molecular complexity index is 1220. The number of amides is 3. The van der Waals surface area contributed by atoms with Crippen molar-refractivity contribution in [2.24, 2.45) is 0 Å².